The molecule has 0 saturated carbocycles. The van der Waals surface area contributed by atoms with Gasteiger partial charge in [-0.25, -0.2) is 9.69 Å². The fraction of sp³-hybridized carbons (Fsp3) is 0.207. The molecule has 3 aromatic rings. The van der Waals surface area contributed by atoms with E-state index in [4.69, 9.17) is 21.1 Å². The highest BCUT2D eigenvalue weighted by Crippen LogP contribution is 2.57. The number of anilines is 1. The maximum atomic E-state index is 14.0. The number of carbonyl (C=O) groups excluding carboxylic acids is 5. The molecule has 2 amide bonds. The van der Waals surface area contributed by atoms with Crippen molar-refractivity contribution in [2.24, 2.45) is 11.8 Å². The SMILES string of the molecule is CCOC(=O)c1ccc(N2C(=O)[C@H]3[C@@H](C2=O)C2(O[C@H]3c3cccc(Cl)c3)C(=O)c3ccccc3C2=O)cc1. The van der Waals surface area contributed by atoms with E-state index in [9.17, 15) is 24.0 Å². The molecule has 1 spiro atoms. The van der Waals surface area contributed by atoms with Gasteiger partial charge in [0.15, 0.2) is 0 Å². The number of ether oxygens (including phenoxy) is 2. The number of hydrogen-bond donors (Lipinski definition) is 0. The van der Waals surface area contributed by atoms with Crippen LogP contribution < -0.4 is 4.90 Å². The average Bonchev–Trinajstić information content (AvgIpc) is 3.49. The van der Waals surface area contributed by atoms with Crippen molar-refractivity contribution in [2.45, 2.75) is 18.6 Å². The largest absolute Gasteiger partial charge is 0.462 e. The van der Waals surface area contributed by atoms with Crippen LogP contribution in [0.4, 0.5) is 5.69 Å². The van der Waals surface area contributed by atoms with Crippen molar-refractivity contribution in [3.63, 3.8) is 0 Å². The summed E-state index contributed by atoms with van der Waals surface area (Å²) in [5.41, 5.74) is -0.934. The van der Waals surface area contributed by atoms with E-state index in [0.717, 1.165) is 4.90 Å². The minimum Gasteiger partial charge on any atom is -0.462 e. The summed E-state index contributed by atoms with van der Waals surface area (Å²) in [5.74, 6) is -5.67. The van der Waals surface area contributed by atoms with E-state index in [0.29, 0.717) is 10.6 Å². The van der Waals surface area contributed by atoms with Crippen LogP contribution in [0, 0.1) is 11.8 Å². The van der Waals surface area contributed by atoms with Gasteiger partial charge >= 0.3 is 5.97 Å². The van der Waals surface area contributed by atoms with Gasteiger partial charge in [0, 0.05) is 16.1 Å². The Labute approximate surface area is 222 Å². The monoisotopic (exact) mass is 529 g/mol. The zero-order valence-electron chi connectivity index (χ0n) is 20.1. The Bertz CT molecular complexity index is 1510. The molecule has 9 heteroatoms. The quantitative estimate of drug-likeness (QED) is 0.283. The van der Waals surface area contributed by atoms with Crippen molar-refractivity contribution >= 4 is 46.6 Å². The lowest BCUT2D eigenvalue weighted by molar-refractivity contribution is -0.127. The van der Waals surface area contributed by atoms with Crippen molar-refractivity contribution in [1.29, 1.82) is 0 Å². The van der Waals surface area contributed by atoms with Crippen molar-refractivity contribution in [1.82, 2.24) is 0 Å². The molecule has 3 aromatic carbocycles. The second kappa shape index (κ2) is 8.72. The molecule has 0 aromatic heterocycles. The maximum absolute atomic E-state index is 14.0. The van der Waals surface area contributed by atoms with Crippen molar-refractivity contribution in [2.75, 3.05) is 11.5 Å². The molecule has 3 atom stereocenters. The van der Waals surface area contributed by atoms with E-state index in [1.165, 1.54) is 36.4 Å². The summed E-state index contributed by atoms with van der Waals surface area (Å²) in [6, 6.07) is 18.7. The van der Waals surface area contributed by atoms with Crippen LogP contribution in [-0.2, 0) is 19.1 Å². The van der Waals surface area contributed by atoms with Gasteiger partial charge < -0.3 is 9.47 Å². The summed E-state index contributed by atoms with van der Waals surface area (Å²) >= 11 is 6.21. The number of halogens is 1. The van der Waals surface area contributed by atoms with Crippen LogP contribution in [0.15, 0.2) is 72.8 Å². The van der Waals surface area contributed by atoms with Crippen molar-refractivity contribution in [3.05, 3.63) is 100 Å². The maximum Gasteiger partial charge on any atom is 0.338 e. The van der Waals surface area contributed by atoms with Gasteiger partial charge in [0.2, 0.25) is 29.0 Å². The molecule has 1 aliphatic carbocycles. The molecule has 2 heterocycles. The molecule has 0 N–H and O–H groups in total. The molecule has 0 bridgehead atoms. The van der Waals surface area contributed by atoms with Crippen LogP contribution in [0.3, 0.4) is 0 Å². The number of amides is 2. The fourth-order valence-electron chi connectivity index (χ4n) is 5.72. The molecule has 0 radical (unpaired) electrons. The van der Waals surface area contributed by atoms with E-state index in [1.54, 1.807) is 43.3 Å². The summed E-state index contributed by atoms with van der Waals surface area (Å²) in [5, 5.41) is 0.374. The Kier molecular flexibility index (Phi) is 5.55. The first kappa shape index (κ1) is 24.2. The minimum atomic E-state index is -2.17. The number of esters is 1. The van der Waals surface area contributed by atoms with Crippen LogP contribution in [0.25, 0.3) is 0 Å². The highest BCUT2D eigenvalue weighted by molar-refractivity contribution is 6.37. The van der Waals surface area contributed by atoms with Gasteiger partial charge in [0.1, 0.15) is 0 Å². The van der Waals surface area contributed by atoms with E-state index >= 15 is 0 Å². The number of Topliss-reactive ketones (excluding diaryl/α,β-unsaturated/α-hetero) is 2. The molecule has 38 heavy (non-hydrogen) atoms. The van der Waals surface area contributed by atoms with E-state index in [-0.39, 0.29) is 29.0 Å². The molecule has 2 saturated heterocycles. The molecule has 6 rings (SSSR count). The highest BCUT2D eigenvalue weighted by atomic mass is 35.5. The Morgan fingerprint density at radius 2 is 1.58 bits per heavy atom. The van der Waals surface area contributed by atoms with Crippen molar-refractivity contribution in [3.8, 4) is 0 Å². The van der Waals surface area contributed by atoms with Crippen LogP contribution >= 0.6 is 11.6 Å². The first-order chi connectivity index (χ1) is 18.3. The second-order valence-electron chi connectivity index (χ2n) is 9.32. The zero-order chi connectivity index (χ0) is 26.8. The van der Waals surface area contributed by atoms with E-state index < -0.39 is 52.9 Å². The molecule has 190 valence electrons. The molecular formula is C29H20ClNO7. The van der Waals surface area contributed by atoms with Gasteiger partial charge in [0.25, 0.3) is 0 Å². The Morgan fingerprint density at radius 1 is 0.921 bits per heavy atom. The summed E-state index contributed by atoms with van der Waals surface area (Å²) < 4.78 is 11.2. The van der Waals surface area contributed by atoms with Crippen LogP contribution in [0.2, 0.25) is 5.02 Å². The van der Waals surface area contributed by atoms with Gasteiger partial charge in [-0.1, -0.05) is 48.0 Å². The van der Waals surface area contributed by atoms with Crippen LogP contribution in [0.5, 0.6) is 0 Å². The van der Waals surface area contributed by atoms with Crippen LogP contribution in [-0.4, -0.2) is 41.6 Å². The smallest absolute Gasteiger partial charge is 0.338 e. The molecule has 2 fully saturated rings. The number of rotatable bonds is 4. The average molecular weight is 530 g/mol. The number of fused-ring (bicyclic) bond motifs is 3. The summed E-state index contributed by atoms with van der Waals surface area (Å²) in [6.07, 6.45) is -1.07. The fourth-order valence-corrected chi connectivity index (χ4v) is 5.92. The van der Waals surface area contributed by atoms with Gasteiger partial charge in [-0.05, 0) is 48.9 Å². The van der Waals surface area contributed by atoms with Gasteiger partial charge in [-0.2, -0.15) is 0 Å². The van der Waals surface area contributed by atoms with Gasteiger partial charge in [0.05, 0.1) is 35.8 Å². The van der Waals surface area contributed by atoms with Crippen molar-refractivity contribution < 1.29 is 33.4 Å². The third-order valence-electron chi connectivity index (χ3n) is 7.33. The van der Waals surface area contributed by atoms with Gasteiger partial charge in [-0.3, -0.25) is 19.2 Å². The number of hydrogen-bond acceptors (Lipinski definition) is 7. The molecule has 0 unspecified atom stereocenters. The number of carbonyl (C=O) groups is 5. The molecule has 8 nitrogen and oxygen atoms in total. The number of nitrogens with zero attached hydrogens (tertiary/aromatic N) is 1. The third-order valence-corrected chi connectivity index (χ3v) is 7.57. The van der Waals surface area contributed by atoms with Crippen LogP contribution in [0.1, 0.15) is 49.7 Å². The molecule has 2 aliphatic heterocycles. The minimum absolute atomic E-state index is 0.153. The Morgan fingerprint density at radius 3 is 2.18 bits per heavy atom. The Hall–Kier alpha value is -4.14. The number of benzene rings is 3. The summed E-state index contributed by atoms with van der Waals surface area (Å²) in [6.45, 7) is 1.88. The predicted octanol–water partition coefficient (Wildman–Crippen LogP) is 4.21. The first-order valence-electron chi connectivity index (χ1n) is 12.1. The zero-order valence-corrected chi connectivity index (χ0v) is 20.8. The lowest BCUT2D eigenvalue weighted by atomic mass is 9.77. The lowest BCUT2D eigenvalue weighted by Crippen LogP contribution is -2.51. The predicted molar refractivity (Wildman–Crippen MR) is 135 cm³/mol. The summed E-state index contributed by atoms with van der Waals surface area (Å²) in [7, 11) is 0. The molecule has 3 aliphatic rings. The van der Waals surface area contributed by atoms with E-state index in [2.05, 4.69) is 0 Å². The number of imide groups is 1. The lowest BCUT2D eigenvalue weighted by Gasteiger charge is -2.27. The highest BCUT2D eigenvalue weighted by Gasteiger charge is 2.74. The Balaban J connectivity index is 1.47. The normalized spacial score (nSPS) is 23.2. The number of ketones is 2. The second-order valence-corrected chi connectivity index (χ2v) is 9.75. The third kappa shape index (κ3) is 3.23. The summed E-state index contributed by atoms with van der Waals surface area (Å²) in [4.78, 5) is 68.5. The standard InChI is InChI=1S/C29H20ClNO7/c1-2-37-28(36)15-10-12-18(13-11-15)31-26(34)21-22(27(31)35)29(38-23(21)16-6-5-7-17(30)14-16)24(32)19-8-3-4-9-20(19)25(29)33/h3-14,21-23H,2H2,1H3/t21-,22-,23-/m0/s1. The van der Waals surface area contributed by atoms with Gasteiger partial charge in [-0.15, -0.1) is 0 Å². The topological polar surface area (TPSA) is 107 Å². The molecular weight excluding hydrogens is 510 g/mol. The first-order valence-corrected chi connectivity index (χ1v) is 12.4. The van der Waals surface area contributed by atoms with E-state index in [1.807, 2.05) is 0 Å².